The van der Waals surface area contributed by atoms with Gasteiger partial charge in [-0.3, -0.25) is 0 Å². The first-order valence-electron chi connectivity index (χ1n) is 13.6. The highest BCUT2D eigenvalue weighted by Gasteiger charge is 2.38. The van der Waals surface area contributed by atoms with Crippen LogP contribution in [0.4, 0.5) is 0 Å². The van der Waals surface area contributed by atoms with Crippen LogP contribution in [0, 0.1) is 23.7 Å². The van der Waals surface area contributed by atoms with E-state index < -0.39 is 0 Å². The highest BCUT2D eigenvalue weighted by molar-refractivity contribution is 5.34. The van der Waals surface area contributed by atoms with Gasteiger partial charge < -0.3 is 4.74 Å². The maximum absolute atomic E-state index is 6.00. The van der Waals surface area contributed by atoms with Crippen molar-refractivity contribution in [3.63, 3.8) is 0 Å². The molecule has 3 aliphatic carbocycles. The van der Waals surface area contributed by atoms with E-state index in [9.17, 15) is 0 Å². The smallest absolute Gasteiger partial charge is 0.0648 e. The third-order valence-electron chi connectivity index (χ3n) is 8.83. The summed E-state index contributed by atoms with van der Waals surface area (Å²) in [6, 6.07) is 7.51. The van der Waals surface area contributed by atoms with Crippen molar-refractivity contribution in [3.8, 4) is 0 Å². The van der Waals surface area contributed by atoms with Crippen molar-refractivity contribution < 1.29 is 4.74 Å². The Morgan fingerprint density at radius 1 is 0.871 bits per heavy atom. The summed E-state index contributed by atoms with van der Waals surface area (Å²) in [6.45, 7) is 6.83. The average Bonchev–Trinajstić information content (AvgIpc) is 2.81. The minimum Gasteiger partial charge on any atom is -0.374 e. The summed E-state index contributed by atoms with van der Waals surface area (Å²) in [5.41, 5.74) is 4.94. The fourth-order valence-corrected chi connectivity index (χ4v) is 6.99. The molecule has 31 heavy (non-hydrogen) atoms. The zero-order valence-corrected chi connectivity index (χ0v) is 20.1. The molecule has 2 fully saturated rings. The molecule has 5 atom stereocenters. The molecule has 4 rings (SSSR count). The Hall–Kier alpha value is -1.08. The van der Waals surface area contributed by atoms with Crippen LogP contribution in [0.5, 0.6) is 0 Å². The van der Waals surface area contributed by atoms with E-state index in [2.05, 4.69) is 31.7 Å². The van der Waals surface area contributed by atoms with Gasteiger partial charge in [-0.05, 0) is 111 Å². The zero-order chi connectivity index (χ0) is 21.5. The monoisotopic (exact) mass is 422 g/mol. The molecule has 0 saturated heterocycles. The van der Waals surface area contributed by atoms with Crippen molar-refractivity contribution in [2.24, 2.45) is 23.7 Å². The molecular weight excluding hydrogens is 376 g/mol. The second-order valence-corrected chi connectivity index (χ2v) is 10.9. The second kappa shape index (κ2) is 11.7. The van der Waals surface area contributed by atoms with Gasteiger partial charge in [-0.15, -0.1) is 6.58 Å². The fraction of sp³-hybridized carbons (Fsp3) is 0.733. The molecule has 1 heteroatoms. The number of hydrogen-bond donors (Lipinski definition) is 0. The summed E-state index contributed by atoms with van der Waals surface area (Å²) in [6.07, 6.45) is 23.1. The number of hydrogen-bond acceptors (Lipinski definition) is 1. The van der Waals surface area contributed by atoms with Gasteiger partial charge in [-0.25, -0.2) is 0 Å². The lowest BCUT2D eigenvalue weighted by molar-refractivity contribution is -0.0137. The van der Waals surface area contributed by atoms with Crippen molar-refractivity contribution in [1.29, 1.82) is 0 Å². The Labute approximate surface area is 192 Å². The van der Waals surface area contributed by atoms with Gasteiger partial charge in [0, 0.05) is 0 Å². The summed E-state index contributed by atoms with van der Waals surface area (Å²) in [4.78, 5) is 0. The van der Waals surface area contributed by atoms with Crippen molar-refractivity contribution in [1.82, 2.24) is 0 Å². The van der Waals surface area contributed by atoms with E-state index in [-0.39, 0.29) is 0 Å². The third-order valence-corrected chi connectivity index (χ3v) is 8.83. The van der Waals surface area contributed by atoms with Gasteiger partial charge in [0.05, 0.1) is 12.7 Å². The van der Waals surface area contributed by atoms with Crippen molar-refractivity contribution >= 4 is 0 Å². The Morgan fingerprint density at radius 2 is 1.65 bits per heavy atom. The summed E-state index contributed by atoms with van der Waals surface area (Å²) in [5, 5.41) is 0. The molecule has 0 N–H and O–H groups in total. The van der Waals surface area contributed by atoms with E-state index >= 15 is 0 Å². The Balaban J connectivity index is 1.25. The van der Waals surface area contributed by atoms with Gasteiger partial charge in [0.25, 0.3) is 0 Å². The lowest BCUT2D eigenvalue weighted by Gasteiger charge is -2.45. The molecule has 2 saturated carbocycles. The highest BCUT2D eigenvalue weighted by Crippen LogP contribution is 2.47. The van der Waals surface area contributed by atoms with Crippen molar-refractivity contribution in [2.75, 3.05) is 6.61 Å². The standard InChI is InChI=1S/C30H46O/c1-3-5-6-7-8-9-23-10-11-25-20-26(13-12-24(25)19-23)27-14-15-29-22-30(31-18-4-2)17-16-28(29)21-27/h4,10-11,19,26-30H,2-3,5-9,12-18,20-22H2,1H3. The van der Waals surface area contributed by atoms with Gasteiger partial charge >= 0.3 is 0 Å². The first-order valence-corrected chi connectivity index (χ1v) is 13.6. The molecule has 0 radical (unpaired) electrons. The number of benzene rings is 1. The molecule has 0 aliphatic heterocycles. The summed E-state index contributed by atoms with van der Waals surface area (Å²) in [5.74, 6) is 3.80. The quantitative estimate of drug-likeness (QED) is 0.273. The molecule has 0 aromatic heterocycles. The van der Waals surface area contributed by atoms with E-state index in [1.54, 1.807) is 16.7 Å². The van der Waals surface area contributed by atoms with Crippen LogP contribution in [0.15, 0.2) is 30.9 Å². The van der Waals surface area contributed by atoms with Crippen LogP contribution in [0.2, 0.25) is 0 Å². The van der Waals surface area contributed by atoms with Gasteiger partial charge in [0.2, 0.25) is 0 Å². The highest BCUT2D eigenvalue weighted by atomic mass is 16.5. The first kappa shape index (κ1) is 23.1. The van der Waals surface area contributed by atoms with E-state index in [1.165, 1.54) is 96.3 Å². The van der Waals surface area contributed by atoms with Crippen molar-refractivity contribution in [3.05, 3.63) is 47.5 Å². The van der Waals surface area contributed by atoms with Gasteiger partial charge in [-0.1, -0.05) is 56.9 Å². The molecule has 0 bridgehead atoms. The predicted molar refractivity (Wildman–Crippen MR) is 133 cm³/mol. The van der Waals surface area contributed by atoms with Crippen LogP contribution in [-0.4, -0.2) is 12.7 Å². The van der Waals surface area contributed by atoms with Crippen LogP contribution in [0.25, 0.3) is 0 Å². The molecule has 5 unspecified atom stereocenters. The normalized spacial score (nSPS) is 30.4. The summed E-state index contributed by atoms with van der Waals surface area (Å²) < 4.78 is 6.00. The Bertz CT molecular complexity index is 692. The molecule has 1 aromatic carbocycles. The lowest BCUT2D eigenvalue weighted by Crippen LogP contribution is -2.37. The Kier molecular flexibility index (Phi) is 8.71. The van der Waals surface area contributed by atoms with Gasteiger partial charge in [0.1, 0.15) is 0 Å². The average molecular weight is 423 g/mol. The molecule has 3 aliphatic rings. The van der Waals surface area contributed by atoms with Gasteiger partial charge in [-0.2, -0.15) is 0 Å². The van der Waals surface area contributed by atoms with E-state index in [4.69, 9.17) is 4.74 Å². The molecule has 1 aromatic rings. The molecule has 0 amide bonds. The predicted octanol–water partition coefficient (Wildman–Crippen LogP) is 8.09. The number of ether oxygens (including phenoxy) is 1. The minimum absolute atomic E-state index is 0.498. The van der Waals surface area contributed by atoms with Crippen LogP contribution < -0.4 is 0 Å². The van der Waals surface area contributed by atoms with E-state index in [1.807, 2.05) is 6.08 Å². The number of unbranched alkanes of at least 4 members (excludes halogenated alkanes) is 4. The van der Waals surface area contributed by atoms with Gasteiger partial charge in [0.15, 0.2) is 0 Å². The maximum Gasteiger partial charge on any atom is 0.0648 e. The molecule has 0 heterocycles. The second-order valence-electron chi connectivity index (χ2n) is 10.9. The molecule has 172 valence electrons. The van der Waals surface area contributed by atoms with E-state index in [0.717, 1.165) is 30.3 Å². The third kappa shape index (κ3) is 6.25. The topological polar surface area (TPSA) is 9.23 Å². The van der Waals surface area contributed by atoms with Crippen LogP contribution in [0.1, 0.15) is 101 Å². The number of fused-ring (bicyclic) bond motifs is 2. The SMILES string of the molecule is C=CCOC1CCC2CC(C3CCc4cc(CCCCCCC)ccc4C3)CCC2C1. The lowest BCUT2D eigenvalue weighted by atomic mass is 9.62. The number of aryl methyl sites for hydroxylation is 2. The van der Waals surface area contributed by atoms with Crippen molar-refractivity contribution in [2.45, 2.75) is 109 Å². The largest absolute Gasteiger partial charge is 0.374 e. The van der Waals surface area contributed by atoms with Crippen LogP contribution in [-0.2, 0) is 24.0 Å². The Morgan fingerprint density at radius 3 is 2.48 bits per heavy atom. The maximum atomic E-state index is 6.00. The molecular formula is C30H46O. The molecule has 0 spiro atoms. The summed E-state index contributed by atoms with van der Waals surface area (Å²) in [7, 11) is 0. The van der Waals surface area contributed by atoms with E-state index in [0.29, 0.717) is 6.10 Å². The van der Waals surface area contributed by atoms with Crippen LogP contribution >= 0.6 is 0 Å². The van der Waals surface area contributed by atoms with Crippen LogP contribution in [0.3, 0.4) is 0 Å². The zero-order valence-electron chi connectivity index (χ0n) is 20.1. The fourth-order valence-electron chi connectivity index (χ4n) is 6.99. The molecule has 1 nitrogen and oxygen atoms in total. The summed E-state index contributed by atoms with van der Waals surface area (Å²) >= 11 is 0. The minimum atomic E-state index is 0.498. The first-order chi connectivity index (χ1) is 15.3. The number of rotatable bonds is 10.